The van der Waals surface area contributed by atoms with Gasteiger partial charge in [-0.1, -0.05) is 12.1 Å². The van der Waals surface area contributed by atoms with Gasteiger partial charge in [0.15, 0.2) is 0 Å². The second-order valence-electron chi connectivity index (χ2n) is 6.97. The van der Waals surface area contributed by atoms with Crippen LogP contribution in [0.4, 0.5) is 0 Å². The lowest BCUT2D eigenvalue weighted by molar-refractivity contribution is -0.123. The quantitative estimate of drug-likeness (QED) is 0.415. The summed E-state index contributed by atoms with van der Waals surface area (Å²) in [6.07, 6.45) is 2.63. The summed E-state index contributed by atoms with van der Waals surface area (Å²) >= 11 is 0. The van der Waals surface area contributed by atoms with E-state index in [1.807, 2.05) is 0 Å². The Hall–Kier alpha value is -2.10. The topological polar surface area (TPSA) is 134 Å². The number of amides is 1. The molecule has 1 aromatic rings. The molecule has 8 nitrogen and oxygen atoms in total. The number of para-hydroxylation sites is 1. The van der Waals surface area contributed by atoms with Crippen molar-refractivity contribution in [1.29, 1.82) is 0 Å². The van der Waals surface area contributed by atoms with E-state index in [0.29, 0.717) is 36.9 Å². The summed E-state index contributed by atoms with van der Waals surface area (Å²) in [6.45, 7) is 1.39. The van der Waals surface area contributed by atoms with Gasteiger partial charge in [0.25, 0.3) is 0 Å². The van der Waals surface area contributed by atoms with Crippen LogP contribution in [-0.4, -0.2) is 54.2 Å². The number of hydrogen-bond donors (Lipinski definition) is 5. The monoisotopic (exact) mass is 361 g/mol. The first kappa shape index (κ1) is 18.7. The SMILES string of the molecule is NCCNC1CC(CC(=O)NC2Cc3cccc(C(=O)O)c3OB2O)C1. The van der Waals surface area contributed by atoms with Gasteiger partial charge in [-0.2, -0.15) is 0 Å². The summed E-state index contributed by atoms with van der Waals surface area (Å²) < 4.78 is 5.38. The summed E-state index contributed by atoms with van der Waals surface area (Å²) in [7, 11) is -1.27. The molecule has 1 fully saturated rings. The molecular formula is C17H24BN3O5. The number of benzene rings is 1. The van der Waals surface area contributed by atoms with E-state index in [2.05, 4.69) is 10.6 Å². The van der Waals surface area contributed by atoms with Crippen LogP contribution in [0.3, 0.4) is 0 Å². The second kappa shape index (κ2) is 8.07. The summed E-state index contributed by atoms with van der Waals surface area (Å²) in [4.78, 5) is 23.5. The maximum atomic E-state index is 12.3. The molecule has 1 aliphatic carbocycles. The molecule has 26 heavy (non-hydrogen) atoms. The number of nitrogens with two attached hydrogens (primary N) is 1. The number of carboxylic acids is 1. The molecule has 140 valence electrons. The van der Waals surface area contributed by atoms with Crippen molar-refractivity contribution in [3.63, 3.8) is 0 Å². The van der Waals surface area contributed by atoms with Crippen LogP contribution in [0.1, 0.15) is 35.2 Å². The van der Waals surface area contributed by atoms with Gasteiger partial charge < -0.3 is 31.2 Å². The van der Waals surface area contributed by atoms with Crippen molar-refractivity contribution >= 4 is 19.0 Å². The van der Waals surface area contributed by atoms with E-state index in [0.717, 1.165) is 19.4 Å². The van der Waals surface area contributed by atoms with Crippen LogP contribution in [0.15, 0.2) is 18.2 Å². The molecule has 6 N–H and O–H groups in total. The third kappa shape index (κ3) is 4.17. The van der Waals surface area contributed by atoms with Gasteiger partial charge in [-0.25, -0.2) is 4.79 Å². The Morgan fingerprint density at radius 1 is 1.35 bits per heavy atom. The van der Waals surface area contributed by atoms with Crippen molar-refractivity contribution in [2.45, 2.75) is 37.7 Å². The number of aromatic carboxylic acids is 1. The number of hydrogen-bond acceptors (Lipinski definition) is 6. The van der Waals surface area contributed by atoms with Crippen molar-refractivity contribution in [3.8, 4) is 5.75 Å². The smallest absolute Gasteiger partial charge is 0.534 e. The molecule has 1 saturated carbocycles. The minimum absolute atomic E-state index is 0.0109. The Labute approximate surface area is 152 Å². The standard InChI is InChI=1S/C17H24BN3O5/c19-4-5-20-12-6-10(7-12)8-15(22)21-14-9-11-2-1-3-13(17(23)24)16(11)26-18(14)25/h1-3,10,12,14,20,25H,4-9,19H2,(H,21,22)(H,23,24). The van der Waals surface area contributed by atoms with Gasteiger partial charge in [0.05, 0.1) is 11.5 Å². The van der Waals surface area contributed by atoms with Gasteiger partial charge in [-0.15, -0.1) is 0 Å². The summed E-state index contributed by atoms with van der Waals surface area (Å²) in [5, 5.41) is 25.5. The van der Waals surface area contributed by atoms with Crippen LogP contribution in [0.2, 0.25) is 0 Å². The Morgan fingerprint density at radius 2 is 2.12 bits per heavy atom. The Bertz CT molecular complexity index is 680. The van der Waals surface area contributed by atoms with Crippen LogP contribution in [0.5, 0.6) is 5.75 Å². The van der Waals surface area contributed by atoms with Crippen molar-refractivity contribution in [3.05, 3.63) is 29.3 Å². The molecule has 0 saturated heterocycles. The van der Waals surface area contributed by atoms with Crippen LogP contribution in [-0.2, 0) is 11.2 Å². The largest absolute Gasteiger partial charge is 0.547 e. The minimum Gasteiger partial charge on any atom is -0.534 e. The molecule has 2 aliphatic rings. The van der Waals surface area contributed by atoms with E-state index in [1.54, 1.807) is 12.1 Å². The molecule has 1 atom stereocenters. The predicted octanol–water partition coefficient (Wildman–Crippen LogP) is -0.459. The predicted molar refractivity (Wildman–Crippen MR) is 95.8 cm³/mol. The van der Waals surface area contributed by atoms with Crippen LogP contribution < -0.4 is 21.0 Å². The molecule has 3 rings (SSSR count). The fourth-order valence-corrected chi connectivity index (χ4v) is 3.60. The molecule has 0 bridgehead atoms. The van der Waals surface area contributed by atoms with Gasteiger partial charge in [-0.05, 0) is 36.8 Å². The van der Waals surface area contributed by atoms with Crippen LogP contribution in [0, 0.1) is 5.92 Å². The van der Waals surface area contributed by atoms with Crippen molar-refractivity contribution in [1.82, 2.24) is 10.6 Å². The zero-order valence-electron chi connectivity index (χ0n) is 14.5. The van der Waals surface area contributed by atoms with E-state index in [9.17, 15) is 19.7 Å². The normalized spacial score (nSPS) is 24.2. The maximum absolute atomic E-state index is 12.3. The lowest BCUT2D eigenvalue weighted by Gasteiger charge is -2.36. The lowest BCUT2D eigenvalue weighted by Crippen LogP contribution is -2.54. The third-order valence-electron chi connectivity index (χ3n) is 4.98. The fourth-order valence-electron chi connectivity index (χ4n) is 3.60. The lowest BCUT2D eigenvalue weighted by atomic mass is 9.71. The van der Waals surface area contributed by atoms with Crippen LogP contribution in [0.25, 0.3) is 0 Å². The van der Waals surface area contributed by atoms with Crippen molar-refractivity contribution < 1.29 is 24.4 Å². The molecule has 1 amide bonds. The van der Waals surface area contributed by atoms with E-state index < -0.39 is 19.0 Å². The van der Waals surface area contributed by atoms with Gasteiger partial charge in [-0.3, -0.25) is 4.79 Å². The third-order valence-corrected chi connectivity index (χ3v) is 4.98. The number of fused-ring (bicyclic) bond motifs is 1. The first-order chi connectivity index (χ1) is 12.5. The molecular weight excluding hydrogens is 337 g/mol. The zero-order chi connectivity index (χ0) is 18.7. The van der Waals surface area contributed by atoms with Crippen molar-refractivity contribution in [2.24, 2.45) is 11.7 Å². The van der Waals surface area contributed by atoms with Gasteiger partial charge in [0, 0.05) is 25.6 Å². The number of nitrogens with one attached hydrogen (secondary N) is 2. The summed E-state index contributed by atoms with van der Waals surface area (Å²) in [6, 6.07) is 5.23. The number of carbonyl (C=O) groups excluding carboxylic acids is 1. The Balaban J connectivity index is 1.52. The van der Waals surface area contributed by atoms with Gasteiger partial charge in [0.1, 0.15) is 5.75 Å². The first-order valence-electron chi connectivity index (χ1n) is 8.90. The number of carboxylic acid groups (broad SMARTS) is 1. The molecule has 0 radical (unpaired) electrons. The zero-order valence-corrected chi connectivity index (χ0v) is 14.5. The fraction of sp³-hybridized carbons (Fsp3) is 0.529. The van der Waals surface area contributed by atoms with E-state index >= 15 is 0 Å². The van der Waals surface area contributed by atoms with Crippen LogP contribution >= 0.6 is 0 Å². The highest BCUT2D eigenvalue weighted by atomic mass is 16.5. The Morgan fingerprint density at radius 3 is 2.81 bits per heavy atom. The molecule has 1 unspecified atom stereocenters. The highest BCUT2D eigenvalue weighted by Gasteiger charge is 2.38. The second-order valence-corrected chi connectivity index (χ2v) is 6.97. The number of carbonyl (C=O) groups is 2. The molecule has 1 aromatic carbocycles. The average molecular weight is 361 g/mol. The van der Waals surface area contributed by atoms with Gasteiger partial charge >= 0.3 is 13.1 Å². The summed E-state index contributed by atoms with van der Waals surface area (Å²) in [5.74, 6) is -1.33. The molecule has 0 spiro atoms. The highest BCUT2D eigenvalue weighted by molar-refractivity contribution is 6.47. The van der Waals surface area contributed by atoms with E-state index in [-0.39, 0.29) is 17.2 Å². The molecule has 1 heterocycles. The molecule has 9 heteroatoms. The first-order valence-corrected chi connectivity index (χ1v) is 8.90. The molecule has 1 aliphatic heterocycles. The van der Waals surface area contributed by atoms with Gasteiger partial charge in [0.2, 0.25) is 5.91 Å². The maximum Gasteiger partial charge on any atom is 0.547 e. The Kier molecular flexibility index (Phi) is 5.80. The molecule has 0 aromatic heterocycles. The van der Waals surface area contributed by atoms with E-state index in [1.165, 1.54) is 6.07 Å². The van der Waals surface area contributed by atoms with Crippen molar-refractivity contribution in [2.75, 3.05) is 13.1 Å². The van der Waals surface area contributed by atoms with E-state index in [4.69, 9.17) is 10.4 Å². The average Bonchev–Trinajstić information content (AvgIpc) is 2.56. The number of rotatable bonds is 7. The highest BCUT2D eigenvalue weighted by Crippen LogP contribution is 2.32. The minimum atomic E-state index is -1.27. The summed E-state index contributed by atoms with van der Waals surface area (Å²) in [5.41, 5.74) is 6.13.